The van der Waals surface area contributed by atoms with Gasteiger partial charge in [-0.25, -0.2) is 0 Å². The van der Waals surface area contributed by atoms with E-state index >= 15 is 0 Å². The Bertz CT molecular complexity index is 951. The van der Waals surface area contributed by atoms with E-state index < -0.39 is 18.2 Å². The molecule has 0 spiro atoms. The molecule has 0 bridgehead atoms. The lowest BCUT2D eigenvalue weighted by Crippen LogP contribution is -2.50. The first-order valence-corrected chi connectivity index (χ1v) is 29.1. The molecular formula is C59H115NO4. The minimum absolute atomic E-state index is 0.151. The molecule has 4 N–H and O–H groups in total. The van der Waals surface area contributed by atoms with E-state index in [1.807, 2.05) is 0 Å². The van der Waals surface area contributed by atoms with Crippen molar-refractivity contribution in [1.82, 2.24) is 5.32 Å². The van der Waals surface area contributed by atoms with Crippen LogP contribution in [0.25, 0.3) is 0 Å². The van der Waals surface area contributed by atoms with Crippen LogP contribution in [0.15, 0.2) is 24.3 Å². The van der Waals surface area contributed by atoms with Crippen LogP contribution in [-0.4, -0.2) is 46.1 Å². The van der Waals surface area contributed by atoms with Crippen molar-refractivity contribution >= 4 is 5.91 Å². The number of hydrogen-bond donors (Lipinski definition) is 4. The Morgan fingerprint density at radius 2 is 0.641 bits per heavy atom. The number of unbranched alkanes of at least 4 members (excludes halogenated alkanes) is 42. The van der Waals surface area contributed by atoms with Crippen molar-refractivity contribution in [2.45, 2.75) is 340 Å². The van der Waals surface area contributed by atoms with Crippen LogP contribution in [0.3, 0.4) is 0 Å². The Balaban J connectivity index is 3.55. The van der Waals surface area contributed by atoms with Gasteiger partial charge >= 0.3 is 0 Å². The average molecular weight is 903 g/mol. The molecule has 1 amide bonds. The third-order valence-electron chi connectivity index (χ3n) is 13.8. The first kappa shape index (κ1) is 62.8. The SMILES string of the molecule is CCCCCCCCCCCCCCC/C=C/CC/C=C/CCCC(O)C(O)C(CO)NC(=O)CCCCCCCCCCCCCCCCCCCCCCCCCCCCCC. The van der Waals surface area contributed by atoms with Gasteiger partial charge in [-0.15, -0.1) is 0 Å². The van der Waals surface area contributed by atoms with E-state index in [1.54, 1.807) is 0 Å². The van der Waals surface area contributed by atoms with Gasteiger partial charge in [0.05, 0.1) is 18.8 Å². The number of carbonyl (C=O) groups excluding carboxylic acids is 1. The second kappa shape index (κ2) is 54.4. The lowest BCUT2D eigenvalue weighted by atomic mass is 10.0. The van der Waals surface area contributed by atoms with Gasteiger partial charge in [0.15, 0.2) is 0 Å². The lowest BCUT2D eigenvalue weighted by Gasteiger charge is -2.26. The van der Waals surface area contributed by atoms with E-state index in [0.29, 0.717) is 12.8 Å². The molecule has 0 aliphatic rings. The number of amides is 1. The summed E-state index contributed by atoms with van der Waals surface area (Å²) in [6, 6.07) is -0.830. The van der Waals surface area contributed by atoms with E-state index in [1.165, 1.54) is 250 Å². The van der Waals surface area contributed by atoms with Gasteiger partial charge in [0.2, 0.25) is 5.91 Å². The molecule has 0 aliphatic carbocycles. The zero-order chi connectivity index (χ0) is 46.5. The van der Waals surface area contributed by atoms with Gasteiger partial charge in [0, 0.05) is 6.42 Å². The highest BCUT2D eigenvalue weighted by Crippen LogP contribution is 2.18. The van der Waals surface area contributed by atoms with Crippen LogP contribution >= 0.6 is 0 Å². The van der Waals surface area contributed by atoms with Crippen molar-refractivity contribution in [2.75, 3.05) is 6.61 Å². The fourth-order valence-corrected chi connectivity index (χ4v) is 9.30. The number of allylic oxidation sites excluding steroid dienone is 4. The molecule has 5 heteroatoms. The zero-order valence-electron chi connectivity index (χ0n) is 43.4. The van der Waals surface area contributed by atoms with Crippen LogP contribution in [0.5, 0.6) is 0 Å². The Hall–Kier alpha value is -1.17. The molecule has 3 unspecified atom stereocenters. The van der Waals surface area contributed by atoms with Crippen LogP contribution in [0.1, 0.15) is 322 Å². The second-order valence-corrected chi connectivity index (χ2v) is 20.2. The largest absolute Gasteiger partial charge is 0.394 e. The van der Waals surface area contributed by atoms with Gasteiger partial charge in [-0.2, -0.15) is 0 Å². The van der Waals surface area contributed by atoms with Crippen LogP contribution < -0.4 is 5.32 Å². The number of aliphatic hydroxyl groups excluding tert-OH is 3. The Kier molecular flexibility index (Phi) is 53.4. The lowest BCUT2D eigenvalue weighted by molar-refractivity contribution is -0.124. The smallest absolute Gasteiger partial charge is 0.220 e. The molecule has 0 rings (SSSR count). The van der Waals surface area contributed by atoms with Gasteiger partial charge in [-0.05, 0) is 51.4 Å². The van der Waals surface area contributed by atoms with Crippen molar-refractivity contribution in [3.05, 3.63) is 24.3 Å². The fourth-order valence-electron chi connectivity index (χ4n) is 9.30. The quantitative estimate of drug-likeness (QED) is 0.0362. The van der Waals surface area contributed by atoms with Gasteiger partial charge in [-0.1, -0.05) is 289 Å². The Morgan fingerprint density at radius 3 is 0.953 bits per heavy atom. The zero-order valence-corrected chi connectivity index (χ0v) is 43.4. The normalized spacial score (nSPS) is 13.4. The third kappa shape index (κ3) is 48.8. The van der Waals surface area contributed by atoms with Gasteiger partial charge in [-0.3, -0.25) is 4.79 Å². The summed E-state index contributed by atoms with van der Waals surface area (Å²) in [5.41, 5.74) is 0. The first-order valence-electron chi connectivity index (χ1n) is 29.1. The van der Waals surface area contributed by atoms with E-state index in [2.05, 4.69) is 43.5 Å². The summed E-state index contributed by atoms with van der Waals surface area (Å²) in [7, 11) is 0. The van der Waals surface area contributed by atoms with E-state index in [9.17, 15) is 20.1 Å². The van der Waals surface area contributed by atoms with Crippen LogP contribution in [0, 0.1) is 0 Å². The molecule has 3 atom stereocenters. The second-order valence-electron chi connectivity index (χ2n) is 20.2. The summed E-state index contributed by atoms with van der Waals surface area (Å²) in [5.74, 6) is -0.151. The highest BCUT2D eigenvalue weighted by Gasteiger charge is 2.26. The molecule has 0 aromatic carbocycles. The molecule has 0 saturated carbocycles. The van der Waals surface area contributed by atoms with Gasteiger partial charge < -0.3 is 20.6 Å². The Morgan fingerprint density at radius 1 is 0.375 bits per heavy atom. The first-order chi connectivity index (χ1) is 31.6. The van der Waals surface area contributed by atoms with Gasteiger partial charge in [0.1, 0.15) is 6.10 Å². The van der Waals surface area contributed by atoms with Crippen molar-refractivity contribution in [3.8, 4) is 0 Å². The third-order valence-corrected chi connectivity index (χ3v) is 13.8. The standard InChI is InChI=1S/C59H115NO4/c1-3-5-7-9-11-13-15-17-19-21-23-25-27-28-29-30-31-32-34-36-38-40-42-44-46-48-50-52-54-58(63)60-56(55-61)59(64)57(62)53-51-49-47-45-43-41-39-37-35-33-26-24-22-20-18-16-14-12-10-8-6-4-2/h37,39,45,47,56-57,59,61-62,64H,3-36,38,40-44,46,48-55H2,1-2H3,(H,60,63)/b39-37+,47-45+. The number of carbonyl (C=O) groups is 1. The fraction of sp³-hybridized carbons (Fsp3) is 0.915. The summed E-state index contributed by atoms with van der Waals surface area (Å²) in [6.45, 7) is 4.21. The van der Waals surface area contributed by atoms with E-state index in [-0.39, 0.29) is 12.5 Å². The monoisotopic (exact) mass is 902 g/mol. The maximum atomic E-state index is 12.5. The number of rotatable bonds is 54. The predicted octanol–water partition coefficient (Wildman–Crippen LogP) is 18.1. The molecule has 0 radical (unpaired) electrons. The van der Waals surface area contributed by atoms with Crippen LogP contribution in [0.4, 0.5) is 0 Å². The number of aliphatic hydroxyl groups is 3. The molecule has 0 saturated heterocycles. The molecule has 64 heavy (non-hydrogen) atoms. The summed E-state index contributed by atoms with van der Waals surface area (Å²) < 4.78 is 0. The summed E-state index contributed by atoms with van der Waals surface area (Å²) in [6.07, 6.45) is 69.2. The molecule has 0 fully saturated rings. The number of hydrogen-bond acceptors (Lipinski definition) is 4. The average Bonchev–Trinajstić information content (AvgIpc) is 3.30. The molecule has 5 nitrogen and oxygen atoms in total. The maximum absolute atomic E-state index is 12.5. The highest BCUT2D eigenvalue weighted by molar-refractivity contribution is 5.76. The maximum Gasteiger partial charge on any atom is 0.220 e. The molecule has 0 heterocycles. The van der Waals surface area contributed by atoms with Crippen LogP contribution in [0.2, 0.25) is 0 Å². The van der Waals surface area contributed by atoms with Crippen molar-refractivity contribution in [1.29, 1.82) is 0 Å². The summed E-state index contributed by atoms with van der Waals surface area (Å²) >= 11 is 0. The van der Waals surface area contributed by atoms with E-state index in [0.717, 1.165) is 44.9 Å². The molecule has 0 aromatic rings. The molecule has 0 aliphatic heterocycles. The van der Waals surface area contributed by atoms with Crippen LogP contribution in [-0.2, 0) is 4.79 Å². The molecular weight excluding hydrogens is 787 g/mol. The summed E-state index contributed by atoms with van der Waals surface area (Å²) in [4.78, 5) is 12.5. The number of nitrogens with one attached hydrogen (secondary N) is 1. The molecule has 380 valence electrons. The minimum atomic E-state index is -1.17. The summed E-state index contributed by atoms with van der Waals surface area (Å²) in [5, 5.41) is 33.7. The molecule has 0 aromatic heterocycles. The van der Waals surface area contributed by atoms with E-state index in [4.69, 9.17) is 0 Å². The van der Waals surface area contributed by atoms with Crippen molar-refractivity contribution < 1.29 is 20.1 Å². The van der Waals surface area contributed by atoms with Crippen molar-refractivity contribution in [3.63, 3.8) is 0 Å². The van der Waals surface area contributed by atoms with Crippen molar-refractivity contribution in [2.24, 2.45) is 0 Å². The predicted molar refractivity (Wildman–Crippen MR) is 282 cm³/mol. The van der Waals surface area contributed by atoms with Gasteiger partial charge in [0.25, 0.3) is 0 Å². The minimum Gasteiger partial charge on any atom is -0.394 e. The topological polar surface area (TPSA) is 89.8 Å². The highest BCUT2D eigenvalue weighted by atomic mass is 16.3. The Labute approximate surface area is 401 Å².